The number of aromatic nitrogens is 1. The van der Waals surface area contributed by atoms with Gasteiger partial charge in [-0.2, -0.15) is 0 Å². The van der Waals surface area contributed by atoms with Crippen LogP contribution in [0.4, 0.5) is 4.39 Å². The van der Waals surface area contributed by atoms with E-state index in [-0.39, 0.29) is 23.5 Å². The van der Waals surface area contributed by atoms with Crippen molar-refractivity contribution in [2.24, 2.45) is 5.92 Å². The largest absolute Gasteiger partial charge is 0.342 e. The van der Waals surface area contributed by atoms with E-state index in [1.807, 2.05) is 16.7 Å². The second-order valence-electron chi connectivity index (χ2n) is 8.25. The number of likely N-dealkylation sites (tertiary alicyclic amines) is 2. The molecule has 160 valence electrons. The number of piperidine rings is 1. The Bertz CT molecular complexity index is 896. The topological polar surface area (TPSA) is 53.5 Å². The Morgan fingerprint density at radius 1 is 0.967 bits per heavy atom. The van der Waals surface area contributed by atoms with Gasteiger partial charge in [0, 0.05) is 37.7 Å². The van der Waals surface area contributed by atoms with Crippen molar-refractivity contribution in [3.8, 4) is 10.6 Å². The van der Waals surface area contributed by atoms with Gasteiger partial charge >= 0.3 is 0 Å². The highest BCUT2D eigenvalue weighted by molar-refractivity contribution is 7.17. The van der Waals surface area contributed by atoms with Crippen molar-refractivity contribution >= 4 is 23.2 Å². The summed E-state index contributed by atoms with van der Waals surface area (Å²) in [6.07, 6.45) is 6.08. The second-order valence-corrected chi connectivity index (χ2v) is 9.25. The Labute approximate surface area is 180 Å². The molecule has 2 aromatic rings. The summed E-state index contributed by atoms with van der Waals surface area (Å²) in [4.78, 5) is 35.0. The maximum atomic E-state index is 13.2. The normalized spacial score (nSPS) is 18.3. The molecular weight excluding hydrogens is 401 g/mol. The predicted molar refractivity (Wildman–Crippen MR) is 116 cm³/mol. The van der Waals surface area contributed by atoms with Crippen molar-refractivity contribution in [2.75, 3.05) is 26.2 Å². The van der Waals surface area contributed by atoms with Gasteiger partial charge < -0.3 is 9.80 Å². The Morgan fingerprint density at radius 3 is 2.23 bits per heavy atom. The molecule has 5 nitrogen and oxygen atoms in total. The van der Waals surface area contributed by atoms with Crippen molar-refractivity contribution in [1.29, 1.82) is 0 Å². The number of nitrogens with zero attached hydrogens (tertiary/aromatic N) is 3. The van der Waals surface area contributed by atoms with Gasteiger partial charge in [0.05, 0.1) is 5.69 Å². The van der Waals surface area contributed by atoms with Crippen molar-refractivity contribution in [3.05, 3.63) is 40.7 Å². The number of thiazole rings is 1. The molecule has 2 saturated heterocycles. The van der Waals surface area contributed by atoms with Crippen molar-refractivity contribution in [2.45, 2.75) is 45.4 Å². The van der Waals surface area contributed by atoms with E-state index in [4.69, 9.17) is 0 Å². The summed E-state index contributed by atoms with van der Waals surface area (Å²) >= 11 is 1.35. The average molecular weight is 430 g/mol. The van der Waals surface area contributed by atoms with E-state index < -0.39 is 0 Å². The molecular formula is C23H28FN3O2S. The quantitative estimate of drug-likeness (QED) is 0.721. The minimum Gasteiger partial charge on any atom is -0.342 e. The standard InChI is InChI=1S/C23H28FN3O2S/c1-16-20(30-21(25-16)17-6-8-19(24)9-7-17)23(29)27-14-10-18(11-15-27)22(28)26-12-4-2-3-5-13-26/h6-9,18H,2-5,10-15H2,1H3. The first-order chi connectivity index (χ1) is 14.5. The van der Waals surface area contributed by atoms with E-state index in [9.17, 15) is 14.0 Å². The van der Waals surface area contributed by atoms with Gasteiger partial charge in [-0.05, 0) is 56.9 Å². The Hall–Kier alpha value is -2.28. The van der Waals surface area contributed by atoms with E-state index >= 15 is 0 Å². The molecule has 2 aliphatic rings. The lowest BCUT2D eigenvalue weighted by Gasteiger charge is -2.34. The van der Waals surface area contributed by atoms with E-state index in [0.717, 1.165) is 49.3 Å². The molecule has 0 unspecified atom stereocenters. The molecule has 0 atom stereocenters. The number of hydrogen-bond acceptors (Lipinski definition) is 4. The Morgan fingerprint density at radius 2 is 1.60 bits per heavy atom. The van der Waals surface area contributed by atoms with Crippen LogP contribution in [0.5, 0.6) is 0 Å². The highest BCUT2D eigenvalue weighted by Gasteiger charge is 2.32. The summed E-state index contributed by atoms with van der Waals surface area (Å²) in [7, 11) is 0. The molecule has 0 spiro atoms. The zero-order valence-electron chi connectivity index (χ0n) is 17.4. The van der Waals surface area contributed by atoms with Crippen LogP contribution in [-0.2, 0) is 4.79 Å². The average Bonchev–Trinajstić information content (AvgIpc) is 2.97. The maximum Gasteiger partial charge on any atom is 0.265 e. The van der Waals surface area contributed by atoms with Crippen LogP contribution >= 0.6 is 11.3 Å². The predicted octanol–water partition coefficient (Wildman–Crippen LogP) is 4.51. The number of carbonyl (C=O) groups excluding carboxylic acids is 2. The van der Waals surface area contributed by atoms with Crippen LogP contribution in [0.2, 0.25) is 0 Å². The molecule has 7 heteroatoms. The molecule has 0 aliphatic carbocycles. The molecule has 30 heavy (non-hydrogen) atoms. The molecule has 0 bridgehead atoms. The van der Waals surface area contributed by atoms with Gasteiger partial charge in [-0.1, -0.05) is 12.8 Å². The first-order valence-corrected chi connectivity index (χ1v) is 11.7. The van der Waals surface area contributed by atoms with E-state index in [2.05, 4.69) is 4.98 Å². The highest BCUT2D eigenvalue weighted by Crippen LogP contribution is 2.30. The van der Waals surface area contributed by atoms with Crippen LogP contribution < -0.4 is 0 Å². The molecule has 2 aliphatic heterocycles. The molecule has 0 saturated carbocycles. The van der Waals surface area contributed by atoms with Crippen LogP contribution in [0.1, 0.15) is 53.9 Å². The number of halogens is 1. The van der Waals surface area contributed by atoms with Crippen molar-refractivity contribution < 1.29 is 14.0 Å². The van der Waals surface area contributed by atoms with Crippen LogP contribution in [-0.4, -0.2) is 52.8 Å². The molecule has 2 fully saturated rings. The summed E-state index contributed by atoms with van der Waals surface area (Å²) in [5.74, 6) is 0.000931. The third-order valence-electron chi connectivity index (χ3n) is 6.13. The third kappa shape index (κ3) is 4.56. The summed E-state index contributed by atoms with van der Waals surface area (Å²) in [6.45, 7) is 4.80. The lowest BCUT2D eigenvalue weighted by atomic mass is 9.95. The minimum atomic E-state index is -0.291. The van der Waals surface area contributed by atoms with Gasteiger partial charge in [0.2, 0.25) is 5.91 Å². The number of carbonyl (C=O) groups is 2. The lowest BCUT2D eigenvalue weighted by Crippen LogP contribution is -2.44. The summed E-state index contributed by atoms with van der Waals surface area (Å²) in [5, 5.41) is 0.724. The summed E-state index contributed by atoms with van der Waals surface area (Å²) in [5.41, 5.74) is 1.51. The number of amides is 2. The van der Waals surface area contributed by atoms with Gasteiger partial charge in [0.25, 0.3) is 5.91 Å². The summed E-state index contributed by atoms with van der Waals surface area (Å²) < 4.78 is 13.2. The zero-order valence-corrected chi connectivity index (χ0v) is 18.2. The fourth-order valence-electron chi connectivity index (χ4n) is 4.33. The number of rotatable bonds is 3. The molecule has 2 amide bonds. The van der Waals surface area contributed by atoms with Gasteiger partial charge in [0.1, 0.15) is 15.7 Å². The Kier molecular flexibility index (Phi) is 6.46. The van der Waals surface area contributed by atoms with Crippen LogP contribution in [0.15, 0.2) is 24.3 Å². The van der Waals surface area contributed by atoms with E-state index in [1.165, 1.54) is 36.3 Å². The van der Waals surface area contributed by atoms with Crippen LogP contribution in [0.3, 0.4) is 0 Å². The SMILES string of the molecule is Cc1nc(-c2ccc(F)cc2)sc1C(=O)N1CCC(C(=O)N2CCCCCC2)CC1. The Balaban J connectivity index is 1.38. The second kappa shape index (κ2) is 9.25. The minimum absolute atomic E-state index is 0.0148. The van der Waals surface area contributed by atoms with Crippen molar-refractivity contribution in [1.82, 2.24) is 14.8 Å². The van der Waals surface area contributed by atoms with Gasteiger partial charge in [0.15, 0.2) is 0 Å². The smallest absolute Gasteiger partial charge is 0.265 e. The lowest BCUT2D eigenvalue weighted by molar-refractivity contribution is -0.136. The fourth-order valence-corrected chi connectivity index (χ4v) is 5.37. The molecule has 3 heterocycles. The van der Waals surface area contributed by atoms with Gasteiger partial charge in [-0.25, -0.2) is 9.37 Å². The first-order valence-electron chi connectivity index (χ1n) is 10.8. The number of aryl methyl sites for hydroxylation is 1. The molecule has 4 rings (SSSR count). The van der Waals surface area contributed by atoms with E-state index in [1.54, 1.807) is 12.1 Å². The van der Waals surface area contributed by atoms with Gasteiger partial charge in [-0.15, -0.1) is 11.3 Å². The molecule has 0 radical (unpaired) electrons. The fraction of sp³-hybridized carbons (Fsp3) is 0.522. The first kappa shape index (κ1) is 21.0. The van der Waals surface area contributed by atoms with E-state index in [0.29, 0.717) is 23.7 Å². The molecule has 1 aromatic heterocycles. The molecule has 1 aromatic carbocycles. The van der Waals surface area contributed by atoms with Crippen LogP contribution in [0.25, 0.3) is 10.6 Å². The third-order valence-corrected chi connectivity index (χ3v) is 7.33. The monoisotopic (exact) mass is 429 g/mol. The van der Waals surface area contributed by atoms with Crippen molar-refractivity contribution in [3.63, 3.8) is 0 Å². The van der Waals surface area contributed by atoms with Gasteiger partial charge in [-0.3, -0.25) is 9.59 Å². The highest BCUT2D eigenvalue weighted by atomic mass is 32.1. The number of hydrogen-bond donors (Lipinski definition) is 0. The molecule has 0 N–H and O–H groups in total. The zero-order chi connectivity index (χ0) is 21.1. The number of benzene rings is 1. The summed E-state index contributed by atoms with van der Waals surface area (Å²) in [6, 6.07) is 6.17. The maximum absolute atomic E-state index is 13.2. The van der Waals surface area contributed by atoms with Crippen LogP contribution in [0, 0.1) is 18.7 Å².